The highest BCUT2D eigenvalue weighted by molar-refractivity contribution is 5.15. The van der Waals surface area contributed by atoms with E-state index in [2.05, 4.69) is 53.0 Å². The van der Waals surface area contributed by atoms with Crippen molar-refractivity contribution in [3.05, 3.63) is 54.1 Å². The third-order valence-electron chi connectivity index (χ3n) is 3.00. The maximum absolute atomic E-state index is 4.45. The predicted molar refractivity (Wildman–Crippen MR) is 71.0 cm³/mol. The molecule has 1 heterocycles. The average molecular weight is 228 g/mol. The van der Waals surface area contributed by atoms with Crippen LogP contribution >= 0.6 is 0 Å². The maximum Gasteiger partial charge on any atom is 0.108 e. The second-order valence-corrected chi connectivity index (χ2v) is 4.41. The lowest BCUT2D eigenvalue weighted by atomic mass is 10.2. The number of benzene rings is 1. The Morgan fingerprint density at radius 1 is 1.12 bits per heavy atom. The van der Waals surface area contributed by atoms with E-state index in [4.69, 9.17) is 0 Å². The number of hydrogen-bond donors (Lipinski definition) is 0. The van der Waals surface area contributed by atoms with Gasteiger partial charge in [0.05, 0.1) is 0 Å². The van der Waals surface area contributed by atoms with Gasteiger partial charge >= 0.3 is 0 Å². The van der Waals surface area contributed by atoms with Crippen molar-refractivity contribution in [2.24, 2.45) is 0 Å². The molecule has 0 aliphatic heterocycles. The summed E-state index contributed by atoms with van der Waals surface area (Å²) in [5, 5.41) is 0. The van der Waals surface area contributed by atoms with Gasteiger partial charge in [-0.3, -0.25) is 0 Å². The lowest BCUT2D eigenvalue weighted by Crippen LogP contribution is -2.04. The van der Waals surface area contributed by atoms with E-state index in [1.54, 1.807) is 0 Å². The number of unbranched alkanes of at least 4 members (excludes halogenated alkanes) is 2. The third-order valence-corrected chi connectivity index (χ3v) is 3.00. The quantitative estimate of drug-likeness (QED) is 0.690. The second-order valence-electron chi connectivity index (χ2n) is 4.41. The zero-order valence-electron chi connectivity index (χ0n) is 10.5. The number of aromatic nitrogens is 2. The highest BCUT2D eigenvalue weighted by atomic mass is 15.1. The maximum atomic E-state index is 4.45. The van der Waals surface area contributed by atoms with Gasteiger partial charge in [0.15, 0.2) is 0 Å². The van der Waals surface area contributed by atoms with Crippen LogP contribution in [0.25, 0.3) is 0 Å². The van der Waals surface area contributed by atoms with Gasteiger partial charge in [0.2, 0.25) is 0 Å². The van der Waals surface area contributed by atoms with E-state index in [0.717, 1.165) is 13.0 Å². The number of imidazole rings is 1. The number of hydrogen-bond acceptors (Lipinski definition) is 1. The van der Waals surface area contributed by atoms with Crippen molar-refractivity contribution in [1.82, 2.24) is 9.55 Å². The Balaban J connectivity index is 1.99. The molecule has 0 radical (unpaired) electrons. The first-order valence-corrected chi connectivity index (χ1v) is 6.44. The van der Waals surface area contributed by atoms with Crippen molar-refractivity contribution < 1.29 is 0 Å². The van der Waals surface area contributed by atoms with E-state index in [1.165, 1.54) is 30.7 Å². The van der Waals surface area contributed by atoms with E-state index in [1.807, 2.05) is 6.20 Å². The van der Waals surface area contributed by atoms with E-state index in [-0.39, 0.29) is 0 Å². The fraction of sp³-hybridized carbons (Fsp3) is 0.400. The highest BCUT2D eigenvalue weighted by Crippen LogP contribution is 2.08. The summed E-state index contributed by atoms with van der Waals surface area (Å²) in [5.41, 5.74) is 1.34. The fourth-order valence-corrected chi connectivity index (χ4v) is 2.03. The van der Waals surface area contributed by atoms with Crippen molar-refractivity contribution in [1.29, 1.82) is 0 Å². The Labute approximate surface area is 103 Å². The van der Waals surface area contributed by atoms with Crippen LogP contribution in [-0.2, 0) is 13.0 Å². The Hall–Kier alpha value is -1.57. The average Bonchev–Trinajstić information content (AvgIpc) is 2.79. The predicted octanol–water partition coefficient (Wildman–Crippen LogP) is 3.66. The molecule has 2 nitrogen and oxygen atoms in total. The lowest BCUT2D eigenvalue weighted by Gasteiger charge is -2.07. The van der Waals surface area contributed by atoms with Crippen LogP contribution in [0, 0.1) is 0 Å². The molecule has 17 heavy (non-hydrogen) atoms. The van der Waals surface area contributed by atoms with Gasteiger partial charge in [-0.15, -0.1) is 0 Å². The van der Waals surface area contributed by atoms with E-state index in [9.17, 15) is 0 Å². The standard InChI is InChI=1S/C15H20N2/c1-2-3-5-10-15-16-11-12-17(15)13-14-8-6-4-7-9-14/h4,6-9,11-12H,2-3,5,10,13H2,1H3. The summed E-state index contributed by atoms with van der Waals surface area (Å²) >= 11 is 0. The van der Waals surface area contributed by atoms with Crippen molar-refractivity contribution >= 4 is 0 Å². The lowest BCUT2D eigenvalue weighted by molar-refractivity contribution is 0.651. The smallest absolute Gasteiger partial charge is 0.108 e. The van der Waals surface area contributed by atoms with Gasteiger partial charge in [0, 0.05) is 25.4 Å². The molecule has 1 aromatic carbocycles. The minimum absolute atomic E-state index is 0.933. The molecule has 0 fully saturated rings. The van der Waals surface area contributed by atoms with Crippen LogP contribution in [0.4, 0.5) is 0 Å². The summed E-state index contributed by atoms with van der Waals surface area (Å²) in [4.78, 5) is 4.45. The van der Waals surface area contributed by atoms with Gasteiger partial charge in [-0.2, -0.15) is 0 Å². The minimum atomic E-state index is 0.933. The first-order valence-electron chi connectivity index (χ1n) is 6.44. The normalized spacial score (nSPS) is 10.6. The first kappa shape index (κ1) is 11.9. The summed E-state index contributed by atoms with van der Waals surface area (Å²) in [5.74, 6) is 1.21. The topological polar surface area (TPSA) is 17.8 Å². The fourth-order valence-electron chi connectivity index (χ4n) is 2.03. The van der Waals surface area contributed by atoms with E-state index in [0.29, 0.717) is 0 Å². The van der Waals surface area contributed by atoms with Crippen molar-refractivity contribution in [3.63, 3.8) is 0 Å². The van der Waals surface area contributed by atoms with Crippen LogP contribution in [0.5, 0.6) is 0 Å². The van der Waals surface area contributed by atoms with Crippen LogP contribution in [0.1, 0.15) is 37.6 Å². The number of rotatable bonds is 6. The van der Waals surface area contributed by atoms with Gasteiger partial charge in [0.25, 0.3) is 0 Å². The molecule has 0 spiro atoms. The van der Waals surface area contributed by atoms with Crippen LogP contribution in [0.15, 0.2) is 42.7 Å². The summed E-state index contributed by atoms with van der Waals surface area (Å²) in [7, 11) is 0. The van der Waals surface area contributed by atoms with Gasteiger partial charge < -0.3 is 4.57 Å². The van der Waals surface area contributed by atoms with Crippen molar-refractivity contribution in [2.45, 2.75) is 39.2 Å². The highest BCUT2D eigenvalue weighted by Gasteiger charge is 2.02. The second kappa shape index (κ2) is 6.24. The molecule has 0 N–H and O–H groups in total. The summed E-state index contributed by atoms with van der Waals surface area (Å²) in [6.07, 6.45) is 8.87. The molecular formula is C15H20N2. The molecule has 2 rings (SSSR count). The van der Waals surface area contributed by atoms with Gasteiger partial charge in [-0.25, -0.2) is 4.98 Å². The summed E-state index contributed by atoms with van der Waals surface area (Å²) in [6, 6.07) is 10.6. The molecule has 2 aromatic rings. The molecular weight excluding hydrogens is 208 g/mol. The SMILES string of the molecule is CCCCCc1nccn1Cc1ccccc1. The molecule has 0 saturated heterocycles. The summed E-state index contributed by atoms with van der Waals surface area (Å²) < 4.78 is 2.25. The van der Waals surface area contributed by atoms with Crippen LogP contribution in [-0.4, -0.2) is 9.55 Å². The zero-order valence-corrected chi connectivity index (χ0v) is 10.5. The largest absolute Gasteiger partial charge is 0.331 e. The minimum Gasteiger partial charge on any atom is -0.331 e. The molecule has 2 heteroatoms. The Kier molecular flexibility index (Phi) is 4.37. The molecule has 0 amide bonds. The zero-order chi connectivity index (χ0) is 11.9. The third kappa shape index (κ3) is 3.45. The number of aryl methyl sites for hydroxylation is 1. The molecule has 0 aliphatic rings. The first-order chi connectivity index (χ1) is 8.40. The molecule has 0 saturated carbocycles. The number of nitrogens with zero attached hydrogens (tertiary/aromatic N) is 2. The molecule has 0 unspecified atom stereocenters. The van der Waals surface area contributed by atoms with Gasteiger partial charge in [-0.1, -0.05) is 50.1 Å². The molecule has 1 aromatic heterocycles. The van der Waals surface area contributed by atoms with E-state index >= 15 is 0 Å². The molecule has 0 bridgehead atoms. The van der Waals surface area contributed by atoms with Crippen LogP contribution < -0.4 is 0 Å². The van der Waals surface area contributed by atoms with Crippen LogP contribution in [0.2, 0.25) is 0 Å². The van der Waals surface area contributed by atoms with Crippen molar-refractivity contribution in [2.75, 3.05) is 0 Å². The monoisotopic (exact) mass is 228 g/mol. The molecule has 0 atom stereocenters. The van der Waals surface area contributed by atoms with Gasteiger partial charge in [0.1, 0.15) is 5.82 Å². The van der Waals surface area contributed by atoms with E-state index < -0.39 is 0 Å². The van der Waals surface area contributed by atoms with Gasteiger partial charge in [-0.05, 0) is 12.0 Å². The Bertz CT molecular complexity index is 431. The summed E-state index contributed by atoms with van der Waals surface area (Å²) in [6.45, 7) is 3.17. The molecule has 0 aliphatic carbocycles. The van der Waals surface area contributed by atoms with Crippen molar-refractivity contribution in [3.8, 4) is 0 Å². The Morgan fingerprint density at radius 3 is 2.71 bits per heavy atom. The van der Waals surface area contributed by atoms with Crippen LogP contribution in [0.3, 0.4) is 0 Å². The Morgan fingerprint density at radius 2 is 1.94 bits per heavy atom. The molecule has 90 valence electrons.